The lowest BCUT2D eigenvalue weighted by molar-refractivity contribution is -0.839. The first-order chi connectivity index (χ1) is 8.88. The minimum absolute atomic E-state index is 0.0967. The summed E-state index contributed by atoms with van der Waals surface area (Å²) in [5, 5.41) is 0. The van der Waals surface area contributed by atoms with Crippen LogP contribution in [-0.2, 0) is 6.30 Å². The van der Waals surface area contributed by atoms with Crippen molar-refractivity contribution in [3.63, 3.8) is 0 Å². The van der Waals surface area contributed by atoms with Crippen LogP contribution in [0.25, 0.3) is 11.1 Å². The molecule has 1 unspecified atom stereocenters. The first-order valence-electron chi connectivity index (χ1n) is 6.38. The van der Waals surface area contributed by atoms with Crippen LogP contribution in [0.15, 0.2) is 29.0 Å². The summed E-state index contributed by atoms with van der Waals surface area (Å²) < 4.78 is 43.6. The summed E-state index contributed by atoms with van der Waals surface area (Å²) in [6.45, 7) is 4.30. The fraction of sp³-hybridized carbons (Fsp3) is 0.500. The number of nitrogens with zero attached hydrogens (tertiary/aromatic N) is 1. The van der Waals surface area contributed by atoms with E-state index >= 15 is 0 Å². The lowest BCUT2D eigenvalue weighted by atomic mass is 10.0. The van der Waals surface area contributed by atoms with E-state index in [0.29, 0.717) is 17.8 Å². The molecule has 0 amide bonds. The molecule has 0 saturated heterocycles. The standard InChI is InChI=1S/C14H15F3NO/c1-8(2)10-6-11(10)9-3-4-13-12(5-9)18(7-19-13)14(15,16)17/h3-5,7-8,10-11H,6H2,1-2H3/q+1/t10?,11-/m1/s1. The number of oxazole rings is 1. The summed E-state index contributed by atoms with van der Waals surface area (Å²) in [4.78, 5) is 0. The van der Waals surface area contributed by atoms with Crippen LogP contribution in [0.1, 0.15) is 31.7 Å². The Morgan fingerprint density at radius 3 is 2.63 bits per heavy atom. The van der Waals surface area contributed by atoms with Gasteiger partial charge in [0.05, 0.1) is 0 Å². The fourth-order valence-corrected chi connectivity index (χ4v) is 2.75. The number of alkyl halides is 3. The maximum Gasteiger partial charge on any atom is 0.641 e. The van der Waals surface area contributed by atoms with Gasteiger partial charge in [-0.2, -0.15) is 0 Å². The molecular formula is C14H15F3NO+. The highest BCUT2D eigenvalue weighted by atomic mass is 19.4. The summed E-state index contributed by atoms with van der Waals surface area (Å²) in [6.07, 6.45) is -2.65. The van der Waals surface area contributed by atoms with Crippen LogP contribution in [-0.4, -0.2) is 0 Å². The number of aromatic nitrogens is 1. The van der Waals surface area contributed by atoms with Gasteiger partial charge in [0.25, 0.3) is 5.52 Å². The average molecular weight is 270 g/mol. The lowest BCUT2D eigenvalue weighted by Crippen LogP contribution is -2.45. The monoisotopic (exact) mass is 270 g/mol. The Labute approximate surface area is 108 Å². The van der Waals surface area contributed by atoms with Gasteiger partial charge in [0.15, 0.2) is 0 Å². The first-order valence-corrected chi connectivity index (χ1v) is 6.38. The molecule has 2 aromatic rings. The molecule has 19 heavy (non-hydrogen) atoms. The van der Waals surface area contributed by atoms with Crippen molar-refractivity contribution >= 4 is 11.1 Å². The Balaban J connectivity index is 2.01. The molecule has 1 aliphatic carbocycles. The molecule has 2 nitrogen and oxygen atoms in total. The number of fused-ring (bicyclic) bond motifs is 1. The molecule has 1 aromatic heterocycles. The largest absolute Gasteiger partial charge is 0.641 e. The molecule has 2 atom stereocenters. The van der Waals surface area contributed by atoms with Crippen LogP contribution in [0, 0.1) is 11.8 Å². The van der Waals surface area contributed by atoms with Crippen molar-refractivity contribution in [2.75, 3.05) is 0 Å². The van der Waals surface area contributed by atoms with Crippen molar-refractivity contribution in [2.45, 2.75) is 32.5 Å². The molecule has 0 spiro atoms. The molecular weight excluding hydrogens is 255 g/mol. The van der Waals surface area contributed by atoms with E-state index in [4.69, 9.17) is 4.42 Å². The van der Waals surface area contributed by atoms with E-state index in [9.17, 15) is 13.2 Å². The summed E-state index contributed by atoms with van der Waals surface area (Å²) in [5.41, 5.74) is 1.34. The van der Waals surface area contributed by atoms with Gasteiger partial charge in [-0.15, -0.1) is 13.2 Å². The van der Waals surface area contributed by atoms with E-state index in [1.807, 2.05) is 6.07 Å². The summed E-state index contributed by atoms with van der Waals surface area (Å²) >= 11 is 0. The van der Waals surface area contributed by atoms with Gasteiger partial charge in [0.2, 0.25) is 5.58 Å². The van der Waals surface area contributed by atoms with Gasteiger partial charge in [-0.1, -0.05) is 24.5 Å². The van der Waals surface area contributed by atoms with Gasteiger partial charge in [-0.3, -0.25) is 0 Å². The van der Waals surface area contributed by atoms with E-state index in [1.165, 1.54) is 0 Å². The quantitative estimate of drug-likeness (QED) is 0.755. The molecule has 1 fully saturated rings. The molecule has 5 heteroatoms. The van der Waals surface area contributed by atoms with Crippen molar-refractivity contribution in [3.8, 4) is 0 Å². The summed E-state index contributed by atoms with van der Waals surface area (Å²) in [7, 11) is 0. The third kappa shape index (κ3) is 2.11. The molecule has 1 saturated carbocycles. The van der Waals surface area contributed by atoms with Crippen LogP contribution in [0.2, 0.25) is 0 Å². The topological polar surface area (TPSA) is 17.0 Å². The maximum atomic E-state index is 12.8. The number of hydrogen-bond donors (Lipinski definition) is 0. The Bertz CT molecular complexity index is 615. The predicted octanol–water partition coefficient (Wildman–Crippen LogP) is 3.96. The molecule has 1 aromatic carbocycles. The molecule has 1 aliphatic rings. The summed E-state index contributed by atoms with van der Waals surface area (Å²) in [5.74, 6) is 1.55. The Morgan fingerprint density at radius 1 is 1.32 bits per heavy atom. The number of rotatable bonds is 2. The third-order valence-electron chi connectivity index (χ3n) is 3.93. The van der Waals surface area contributed by atoms with Crippen LogP contribution in [0.3, 0.4) is 0 Å². The van der Waals surface area contributed by atoms with E-state index in [1.54, 1.807) is 12.1 Å². The normalized spacial score (nSPS) is 23.3. The second-order valence-electron chi connectivity index (χ2n) is 5.54. The smallest absolute Gasteiger partial charge is 0.403 e. The van der Waals surface area contributed by atoms with Crippen LogP contribution < -0.4 is 4.57 Å². The van der Waals surface area contributed by atoms with Crippen molar-refractivity contribution in [1.29, 1.82) is 0 Å². The van der Waals surface area contributed by atoms with Crippen LogP contribution in [0.4, 0.5) is 13.2 Å². The average Bonchev–Trinajstić information content (AvgIpc) is 3.00. The molecule has 102 valence electrons. The maximum absolute atomic E-state index is 12.8. The zero-order valence-electron chi connectivity index (χ0n) is 10.7. The molecule has 3 rings (SSSR count). The van der Waals surface area contributed by atoms with E-state index in [0.717, 1.165) is 18.4 Å². The third-order valence-corrected chi connectivity index (χ3v) is 3.93. The van der Waals surface area contributed by atoms with E-state index in [2.05, 4.69) is 13.8 Å². The highest BCUT2D eigenvalue weighted by Crippen LogP contribution is 2.51. The zero-order valence-corrected chi connectivity index (χ0v) is 10.7. The predicted molar refractivity (Wildman–Crippen MR) is 63.4 cm³/mol. The second-order valence-corrected chi connectivity index (χ2v) is 5.54. The Morgan fingerprint density at radius 2 is 2.05 bits per heavy atom. The molecule has 0 bridgehead atoms. The molecule has 0 aliphatic heterocycles. The Hall–Kier alpha value is -1.52. The first kappa shape index (κ1) is 12.5. The van der Waals surface area contributed by atoms with Crippen molar-refractivity contribution in [1.82, 2.24) is 0 Å². The van der Waals surface area contributed by atoms with Crippen LogP contribution >= 0.6 is 0 Å². The van der Waals surface area contributed by atoms with Crippen LogP contribution in [0.5, 0.6) is 0 Å². The van der Waals surface area contributed by atoms with E-state index < -0.39 is 6.30 Å². The highest BCUT2D eigenvalue weighted by molar-refractivity contribution is 5.70. The minimum Gasteiger partial charge on any atom is -0.403 e. The van der Waals surface area contributed by atoms with Gasteiger partial charge >= 0.3 is 12.7 Å². The number of hydrogen-bond acceptors (Lipinski definition) is 1. The minimum atomic E-state index is -4.44. The second kappa shape index (κ2) is 3.99. The fourth-order valence-electron chi connectivity index (χ4n) is 2.75. The van der Waals surface area contributed by atoms with Gasteiger partial charge in [0, 0.05) is 6.07 Å². The summed E-state index contributed by atoms with van der Waals surface area (Å²) in [6, 6.07) is 5.11. The van der Waals surface area contributed by atoms with Gasteiger partial charge in [0.1, 0.15) is 0 Å². The van der Waals surface area contributed by atoms with Gasteiger partial charge in [-0.05, 0) is 35.8 Å². The molecule has 0 radical (unpaired) electrons. The number of halogens is 3. The van der Waals surface area contributed by atoms with Crippen molar-refractivity contribution in [2.24, 2.45) is 11.8 Å². The zero-order chi connectivity index (χ0) is 13.8. The SMILES string of the molecule is CC(C)C1C[C@@H]1c1ccc2oc[n+](C(F)(F)F)c2c1. The van der Waals surface area contributed by atoms with Gasteiger partial charge < -0.3 is 4.42 Å². The highest BCUT2D eigenvalue weighted by Gasteiger charge is 2.46. The van der Waals surface area contributed by atoms with E-state index in [-0.39, 0.29) is 15.7 Å². The lowest BCUT2D eigenvalue weighted by Gasteiger charge is -2.03. The van der Waals surface area contributed by atoms with Gasteiger partial charge in [-0.25, -0.2) is 0 Å². The molecule has 1 heterocycles. The number of benzene rings is 1. The molecule has 0 N–H and O–H groups in total. The van der Waals surface area contributed by atoms with Crippen molar-refractivity contribution < 1.29 is 22.2 Å². The Kier molecular flexibility index (Phi) is 2.62. The van der Waals surface area contributed by atoms with Crippen molar-refractivity contribution in [3.05, 3.63) is 30.2 Å².